The van der Waals surface area contributed by atoms with Gasteiger partial charge in [0, 0.05) is 0 Å². The summed E-state index contributed by atoms with van der Waals surface area (Å²) in [6.07, 6.45) is 0. The van der Waals surface area contributed by atoms with Crippen LogP contribution >= 0.6 is 13.9 Å². The number of hydrogen-bond acceptors (Lipinski definition) is 1. The van der Waals surface area contributed by atoms with Gasteiger partial charge in [-0.1, -0.05) is 0 Å². The zero-order valence-electron chi connectivity index (χ0n) is 7.81. The fraction of sp³-hybridized carbons (Fsp3) is 1.00. The second-order valence-electron chi connectivity index (χ2n) is 3.22. The van der Waals surface area contributed by atoms with Crippen molar-refractivity contribution in [1.82, 2.24) is 0 Å². The van der Waals surface area contributed by atoms with Gasteiger partial charge in [-0.25, -0.2) is 0 Å². The summed E-state index contributed by atoms with van der Waals surface area (Å²) in [5.74, 6) is 0. The van der Waals surface area contributed by atoms with Crippen molar-refractivity contribution in [2.45, 2.75) is 41.6 Å². The molecule has 0 spiro atoms. The Hall–Kier alpha value is 0.998. The molecule has 0 aromatic heterocycles. The molecule has 1 nitrogen and oxygen atoms in total. The summed E-state index contributed by atoms with van der Waals surface area (Å²) < 4.78 is 0. The molecule has 0 heterocycles. The van der Waals surface area contributed by atoms with E-state index < -0.39 is 10.6 Å². The summed E-state index contributed by atoms with van der Waals surface area (Å²) in [6.45, 7) is 7.11. The minimum absolute atomic E-state index is 0.354. The molecule has 0 fully saturated rings. The number of hydrogen-bond donors (Lipinski definition) is 1. The Balaban J connectivity index is 4.44. The van der Waals surface area contributed by atoms with E-state index in [1.165, 1.54) is 15.6 Å². The van der Waals surface area contributed by atoms with E-state index in [9.17, 15) is 0 Å². The molecule has 0 saturated heterocycles. The van der Waals surface area contributed by atoms with Gasteiger partial charge in [-0.3, -0.25) is 0 Å². The van der Waals surface area contributed by atoms with Crippen LogP contribution in [0.15, 0.2) is 0 Å². The summed E-state index contributed by atoms with van der Waals surface area (Å²) in [5.41, 5.74) is 0. The Morgan fingerprint density at radius 1 is 1.09 bits per heavy atom. The predicted octanol–water partition coefficient (Wildman–Crippen LogP) is 3.33. The van der Waals surface area contributed by atoms with Crippen molar-refractivity contribution in [3.05, 3.63) is 0 Å². The fourth-order valence-corrected chi connectivity index (χ4v) is 8.07. The summed E-state index contributed by atoms with van der Waals surface area (Å²) in [6, 6.07) is 0. The number of aliphatic hydroxyl groups excluding tert-OH is 1. The third-order valence-corrected chi connectivity index (χ3v) is 25.4. The molecule has 0 aliphatic rings. The van der Waals surface area contributed by atoms with Crippen LogP contribution in [0.2, 0.25) is 20.8 Å². The molecule has 0 aromatic rings. The Labute approximate surface area is 77.8 Å². The number of aliphatic hydroxyl groups is 1. The molecule has 0 unspecified atom stereocenters. The van der Waals surface area contributed by atoms with Gasteiger partial charge in [0.15, 0.2) is 0 Å². The molecule has 0 amide bonds. The molecule has 0 atom stereocenters. The van der Waals surface area contributed by atoms with E-state index in [2.05, 4.69) is 34.7 Å². The minimum atomic E-state index is -2.16. The molecule has 11 heavy (non-hydrogen) atoms. The first-order valence-corrected chi connectivity index (χ1v) is 14.1. The third-order valence-electron chi connectivity index (χ3n) is 3.03. The van der Waals surface area contributed by atoms with Crippen LogP contribution in [0.25, 0.3) is 0 Å². The SMILES string of the molecule is CC[As](Br)(CC)(CC)CCO. The second-order valence-corrected chi connectivity index (χ2v) is 26.2. The van der Waals surface area contributed by atoms with Gasteiger partial charge >= 0.3 is 77.8 Å². The van der Waals surface area contributed by atoms with Gasteiger partial charge in [0.1, 0.15) is 0 Å². The van der Waals surface area contributed by atoms with Crippen LogP contribution in [-0.2, 0) is 0 Å². The number of halogens is 1. The average molecular weight is 287 g/mol. The first kappa shape index (κ1) is 12.0. The zero-order valence-corrected chi connectivity index (χ0v) is 11.3. The van der Waals surface area contributed by atoms with E-state index in [1.54, 1.807) is 0 Å². The molecule has 3 heteroatoms. The molecule has 70 valence electrons. The van der Waals surface area contributed by atoms with E-state index in [0.717, 1.165) is 5.21 Å². The van der Waals surface area contributed by atoms with Gasteiger partial charge in [0.05, 0.1) is 0 Å². The summed E-state index contributed by atoms with van der Waals surface area (Å²) >= 11 is 3.97. The van der Waals surface area contributed by atoms with E-state index >= 15 is 0 Å². The van der Waals surface area contributed by atoms with Crippen LogP contribution in [0, 0.1) is 0 Å². The van der Waals surface area contributed by atoms with E-state index in [1.807, 2.05) is 0 Å². The van der Waals surface area contributed by atoms with Gasteiger partial charge < -0.3 is 0 Å². The summed E-state index contributed by atoms with van der Waals surface area (Å²) in [4.78, 5) is 0. The van der Waals surface area contributed by atoms with Crippen molar-refractivity contribution < 1.29 is 5.11 Å². The Kier molecular flexibility index (Phi) is 4.69. The molecule has 0 rings (SSSR count). The second kappa shape index (κ2) is 4.30. The van der Waals surface area contributed by atoms with Crippen LogP contribution in [-0.4, -0.2) is 22.3 Å². The topological polar surface area (TPSA) is 20.2 Å². The average Bonchev–Trinajstić information content (AvgIpc) is 2.06. The molecule has 0 saturated carbocycles. The molecule has 0 aliphatic carbocycles. The molecule has 1 N–H and O–H groups in total. The van der Waals surface area contributed by atoms with Crippen LogP contribution in [0.5, 0.6) is 0 Å². The van der Waals surface area contributed by atoms with E-state index in [4.69, 9.17) is 5.11 Å². The van der Waals surface area contributed by atoms with Crippen LogP contribution in [0.4, 0.5) is 0 Å². The van der Waals surface area contributed by atoms with E-state index in [0.29, 0.717) is 6.61 Å². The van der Waals surface area contributed by atoms with Crippen LogP contribution in [0.3, 0.4) is 0 Å². The van der Waals surface area contributed by atoms with Crippen molar-refractivity contribution in [2.24, 2.45) is 0 Å². The van der Waals surface area contributed by atoms with Gasteiger partial charge in [-0.05, 0) is 0 Å². The van der Waals surface area contributed by atoms with E-state index in [-0.39, 0.29) is 0 Å². The zero-order chi connectivity index (χ0) is 8.98. The fourth-order valence-electron chi connectivity index (χ4n) is 1.40. The standard InChI is InChI=1S/C8H20AsBrO/c1-4-9(10,5-2,6-3)7-8-11/h11H,4-8H2,1-3H3. The molecule has 0 aromatic carbocycles. The van der Waals surface area contributed by atoms with Crippen molar-refractivity contribution in [3.63, 3.8) is 0 Å². The first-order chi connectivity index (χ1) is 5.04. The Morgan fingerprint density at radius 3 is 1.55 bits per heavy atom. The van der Waals surface area contributed by atoms with Gasteiger partial charge in [-0.2, -0.15) is 0 Å². The van der Waals surface area contributed by atoms with Gasteiger partial charge in [-0.15, -0.1) is 0 Å². The summed E-state index contributed by atoms with van der Waals surface area (Å²) in [7, 11) is -2.16. The maximum absolute atomic E-state index is 8.98. The molecular weight excluding hydrogens is 267 g/mol. The van der Waals surface area contributed by atoms with Crippen LogP contribution < -0.4 is 0 Å². The Morgan fingerprint density at radius 2 is 1.45 bits per heavy atom. The van der Waals surface area contributed by atoms with Gasteiger partial charge in [0.2, 0.25) is 0 Å². The quantitative estimate of drug-likeness (QED) is 0.769. The molecular formula is C8H20AsBrO. The molecule has 0 aliphatic heterocycles. The predicted molar refractivity (Wildman–Crippen MR) is 58.0 cm³/mol. The van der Waals surface area contributed by atoms with Crippen molar-refractivity contribution in [2.75, 3.05) is 6.61 Å². The third kappa shape index (κ3) is 2.75. The number of rotatable bonds is 5. The monoisotopic (exact) mass is 286 g/mol. The van der Waals surface area contributed by atoms with Crippen LogP contribution in [0.1, 0.15) is 20.8 Å². The molecule has 0 radical (unpaired) electrons. The van der Waals surface area contributed by atoms with Crippen molar-refractivity contribution >= 4 is 24.5 Å². The van der Waals surface area contributed by atoms with Gasteiger partial charge in [0.25, 0.3) is 0 Å². The molecule has 0 bridgehead atoms. The van der Waals surface area contributed by atoms with Crippen molar-refractivity contribution in [1.29, 1.82) is 0 Å². The Bertz CT molecular complexity index is 112. The first-order valence-electron chi connectivity index (χ1n) is 4.37. The van der Waals surface area contributed by atoms with Crippen molar-refractivity contribution in [3.8, 4) is 0 Å². The summed E-state index contributed by atoms with van der Waals surface area (Å²) in [5, 5.41) is 13.8. The maximum atomic E-state index is 8.98. The normalized spacial score (nSPS) is 15.9.